The van der Waals surface area contributed by atoms with Crippen LogP contribution in [0.5, 0.6) is 5.75 Å². The number of carbonyl (C=O) groups is 4. The number of nitrogens with one attached hydrogen (secondary N) is 1. The third kappa shape index (κ3) is 8.13. The minimum absolute atomic E-state index is 0.143. The molecule has 1 N–H and O–H groups in total. The Morgan fingerprint density at radius 1 is 0.898 bits per heavy atom. The number of nitrogens with zero attached hydrogens (tertiary/aromatic N) is 8. The number of aromatic nitrogens is 3. The lowest BCUT2D eigenvalue weighted by molar-refractivity contribution is -0.137. The molecule has 5 aliphatic rings. The molecule has 14 nitrogen and oxygen atoms in total. The summed E-state index contributed by atoms with van der Waals surface area (Å²) in [5.74, 6) is 1.76. The van der Waals surface area contributed by atoms with Gasteiger partial charge in [-0.1, -0.05) is 12.1 Å². The fraction of sp³-hybridized carbons (Fsp3) is 0.489. The fourth-order valence-corrected chi connectivity index (χ4v) is 9.65. The predicted molar refractivity (Wildman–Crippen MR) is 220 cm³/mol. The number of rotatable bonds is 10. The van der Waals surface area contributed by atoms with Crippen LogP contribution in [0.4, 0.5) is 5.82 Å². The van der Waals surface area contributed by atoms with Gasteiger partial charge in [-0.2, -0.15) is 10.4 Å². The monoisotopic (exact) mass is 797 g/mol. The molecule has 5 aliphatic heterocycles. The number of hydrogen-bond donors (Lipinski definition) is 1. The minimum atomic E-state index is -0.608. The number of nitriles is 1. The van der Waals surface area contributed by atoms with Crippen molar-refractivity contribution in [2.24, 2.45) is 5.92 Å². The zero-order valence-corrected chi connectivity index (χ0v) is 33.5. The van der Waals surface area contributed by atoms with Crippen molar-refractivity contribution in [1.29, 1.82) is 5.26 Å². The maximum atomic E-state index is 13.3. The number of ether oxygens (including phenoxy) is 1. The summed E-state index contributed by atoms with van der Waals surface area (Å²) in [6.45, 7) is 7.01. The molecule has 1 unspecified atom stereocenters. The first kappa shape index (κ1) is 38.7. The Balaban J connectivity index is 0.731. The molecule has 306 valence electrons. The highest BCUT2D eigenvalue weighted by molar-refractivity contribution is 6.05. The number of likely N-dealkylation sites (tertiary alicyclic amines) is 2. The van der Waals surface area contributed by atoms with E-state index in [4.69, 9.17) is 9.72 Å². The summed E-state index contributed by atoms with van der Waals surface area (Å²) >= 11 is 0. The van der Waals surface area contributed by atoms with Crippen molar-refractivity contribution in [1.82, 2.24) is 34.6 Å². The van der Waals surface area contributed by atoms with Gasteiger partial charge in [0.05, 0.1) is 30.1 Å². The predicted octanol–water partition coefficient (Wildman–Crippen LogP) is 4.91. The second-order valence-electron chi connectivity index (χ2n) is 16.8. The van der Waals surface area contributed by atoms with Gasteiger partial charge in [0.25, 0.3) is 5.91 Å². The Morgan fingerprint density at radius 2 is 1.71 bits per heavy atom. The van der Waals surface area contributed by atoms with Crippen molar-refractivity contribution in [2.75, 3.05) is 57.3 Å². The van der Waals surface area contributed by atoms with Crippen molar-refractivity contribution in [3.05, 3.63) is 77.2 Å². The molecule has 4 saturated heterocycles. The maximum Gasteiger partial charge on any atom is 0.255 e. The van der Waals surface area contributed by atoms with E-state index in [0.717, 1.165) is 99.5 Å². The van der Waals surface area contributed by atoms with Crippen molar-refractivity contribution >= 4 is 35.0 Å². The molecule has 0 radical (unpaired) electrons. The summed E-state index contributed by atoms with van der Waals surface area (Å²) in [4.78, 5) is 63.6. The Bertz CT molecular complexity index is 2280. The highest BCUT2D eigenvalue weighted by atomic mass is 16.5. The van der Waals surface area contributed by atoms with Gasteiger partial charge in [0.15, 0.2) is 0 Å². The van der Waals surface area contributed by atoms with Crippen molar-refractivity contribution in [3.63, 3.8) is 0 Å². The summed E-state index contributed by atoms with van der Waals surface area (Å²) in [6.07, 6.45) is 13.8. The zero-order chi connectivity index (χ0) is 40.5. The lowest BCUT2D eigenvalue weighted by Gasteiger charge is -2.34. The lowest BCUT2D eigenvalue weighted by atomic mass is 9.88. The summed E-state index contributed by atoms with van der Waals surface area (Å²) in [5.41, 5.74) is 5.82. The third-order valence-electron chi connectivity index (χ3n) is 13.1. The molecule has 59 heavy (non-hydrogen) atoms. The molecule has 0 bridgehead atoms. The summed E-state index contributed by atoms with van der Waals surface area (Å²) in [7, 11) is 0. The SMILES string of the molecule is N#Cc1cnn2cc(OCC3CCN(C(=O)CCN4CCC(c5ccc6c(c5)CN(C5CCC(=O)NC5=O)C6=O)CC4)CC3)cc(-c3ccc(N4CCCCC4)nc3)c12. The molecule has 0 aliphatic carbocycles. The number of fused-ring (bicyclic) bond motifs is 2. The first-order valence-corrected chi connectivity index (χ1v) is 21.3. The maximum absolute atomic E-state index is 13.3. The standard InChI is InChI=1S/C45H51N9O5/c46-24-35-26-48-54-28-36(23-38(43(35)54)33-5-8-40(47-25-33)51-15-2-1-3-16-51)59-29-30-10-20-52(21-11-30)42(56)14-19-50-17-12-31(13-18-50)32-4-6-37-34(22-32)27-53(45(37)58)39-7-9-41(55)49-44(39)57/h4-6,8,22-23,25-26,28,30-31,39H,1-3,7,9-21,27,29H2,(H,49,55,57). The number of piperidine rings is 4. The highest BCUT2D eigenvalue weighted by Gasteiger charge is 2.39. The van der Waals surface area contributed by atoms with Crippen molar-refractivity contribution in [3.8, 4) is 22.9 Å². The van der Waals surface area contributed by atoms with Gasteiger partial charge in [-0.25, -0.2) is 9.50 Å². The molecule has 0 spiro atoms. The van der Waals surface area contributed by atoms with Crippen LogP contribution in [0.2, 0.25) is 0 Å². The molecular weight excluding hydrogens is 747 g/mol. The summed E-state index contributed by atoms with van der Waals surface area (Å²) < 4.78 is 8.10. The second-order valence-corrected chi connectivity index (χ2v) is 16.8. The average molecular weight is 798 g/mol. The van der Waals surface area contributed by atoms with E-state index in [1.807, 2.05) is 29.4 Å². The van der Waals surface area contributed by atoms with Gasteiger partial charge in [-0.15, -0.1) is 0 Å². The molecule has 1 aromatic carbocycles. The summed E-state index contributed by atoms with van der Waals surface area (Å²) in [6, 6.07) is 13.9. The first-order chi connectivity index (χ1) is 28.8. The van der Waals surface area contributed by atoms with Crippen LogP contribution in [0.3, 0.4) is 0 Å². The molecule has 9 rings (SSSR count). The normalized spacial score (nSPS) is 20.8. The van der Waals surface area contributed by atoms with Gasteiger partial charge in [0.2, 0.25) is 17.7 Å². The number of pyridine rings is 2. The molecule has 4 amide bonds. The Hall–Kier alpha value is -5.81. The lowest BCUT2D eigenvalue weighted by Crippen LogP contribution is -2.52. The zero-order valence-electron chi connectivity index (χ0n) is 33.5. The topological polar surface area (TPSA) is 156 Å². The minimum Gasteiger partial charge on any atom is -0.492 e. The Labute approximate surface area is 344 Å². The van der Waals surface area contributed by atoms with Gasteiger partial charge < -0.3 is 24.3 Å². The van der Waals surface area contributed by atoms with E-state index in [9.17, 15) is 24.4 Å². The number of amides is 4. The van der Waals surface area contributed by atoms with Gasteiger partial charge in [0, 0.05) is 75.0 Å². The molecule has 14 heteroatoms. The van der Waals surface area contributed by atoms with Crippen LogP contribution in [0.15, 0.2) is 55.0 Å². The van der Waals surface area contributed by atoms with E-state index < -0.39 is 11.9 Å². The quantitative estimate of drug-likeness (QED) is 0.219. The molecule has 3 aromatic heterocycles. The average Bonchev–Trinajstić information content (AvgIpc) is 3.85. The molecule has 4 aromatic rings. The van der Waals surface area contributed by atoms with Crippen LogP contribution in [0, 0.1) is 17.2 Å². The van der Waals surface area contributed by atoms with E-state index in [-0.39, 0.29) is 24.1 Å². The van der Waals surface area contributed by atoms with E-state index in [1.165, 1.54) is 24.8 Å². The van der Waals surface area contributed by atoms with Crippen LogP contribution in [-0.4, -0.2) is 111 Å². The van der Waals surface area contributed by atoms with Crippen molar-refractivity contribution in [2.45, 2.75) is 82.7 Å². The molecule has 1 atom stereocenters. The van der Waals surface area contributed by atoms with Gasteiger partial charge in [0.1, 0.15) is 23.7 Å². The van der Waals surface area contributed by atoms with Crippen LogP contribution < -0.4 is 15.0 Å². The number of benzene rings is 1. The van der Waals surface area contributed by atoms with E-state index in [2.05, 4.69) is 50.5 Å². The Kier molecular flexibility index (Phi) is 11.0. The molecule has 8 heterocycles. The van der Waals surface area contributed by atoms with Gasteiger partial charge in [-0.05, 0) is 112 Å². The molecule has 0 saturated carbocycles. The smallest absolute Gasteiger partial charge is 0.255 e. The Morgan fingerprint density at radius 3 is 2.46 bits per heavy atom. The highest BCUT2D eigenvalue weighted by Crippen LogP contribution is 2.35. The fourth-order valence-electron chi connectivity index (χ4n) is 9.65. The number of hydrogen-bond acceptors (Lipinski definition) is 10. The number of carbonyl (C=O) groups excluding carboxylic acids is 4. The van der Waals surface area contributed by atoms with E-state index in [0.29, 0.717) is 54.7 Å². The van der Waals surface area contributed by atoms with Crippen LogP contribution in [0.1, 0.15) is 97.2 Å². The third-order valence-corrected chi connectivity index (χ3v) is 13.1. The number of anilines is 1. The second kappa shape index (κ2) is 16.8. The van der Waals surface area contributed by atoms with Gasteiger partial charge in [-0.3, -0.25) is 24.5 Å². The summed E-state index contributed by atoms with van der Waals surface area (Å²) in [5, 5.41) is 16.7. The van der Waals surface area contributed by atoms with Crippen LogP contribution in [-0.2, 0) is 20.9 Å². The van der Waals surface area contributed by atoms with E-state index in [1.54, 1.807) is 15.6 Å². The largest absolute Gasteiger partial charge is 0.492 e. The van der Waals surface area contributed by atoms with Crippen molar-refractivity contribution < 1.29 is 23.9 Å². The van der Waals surface area contributed by atoms with Crippen LogP contribution in [0.25, 0.3) is 16.6 Å². The van der Waals surface area contributed by atoms with E-state index >= 15 is 0 Å². The van der Waals surface area contributed by atoms with Crippen LogP contribution >= 0.6 is 0 Å². The van der Waals surface area contributed by atoms with Gasteiger partial charge >= 0.3 is 0 Å². The molecule has 4 fully saturated rings. The number of imide groups is 1. The molecular formula is C45H51N9O5. The first-order valence-electron chi connectivity index (χ1n) is 21.3.